The van der Waals surface area contributed by atoms with Gasteiger partial charge in [-0.3, -0.25) is 0 Å². The number of thioether (sulfide) groups is 1. The molecule has 98 valence electrons. The number of hydrogen-bond donors (Lipinski definition) is 1. The van der Waals surface area contributed by atoms with Crippen LogP contribution < -0.4 is 0 Å². The van der Waals surface area contributed by atoms with Crippen LogP contribution in [-0.2, 0) is 5.75 Å². The van der Waals surface area contributed by atoms with Gasteiger partial charge in [-0.05, 0) is 35.9 Å². The summed E-state index contributed by atoms with van der Waals surface area (Å²) < 4.78 is 13.9. The lowest BCUT2D eigenvalue weighted by Crippen LogP contribution is -1.99. The van der Waals surface area contributed by atoms with Crippen molar-refractivity contribution in [2.75, 3.05) is 0 Å². The van der Waals surface area contributed by atoms with Gasteiger partial charge < -0.3 is 5.11 Å². The summed E-state index contributed by atoms with van der Waals surface area (Å²) in [6.07, 6.45) is 1.45. The minimum Gasteiger partial charge on any atom is -0.477 e. The topological polar surface area (TPSA) is 50.2 Å². The van der Waals surface area contributed by atoms with Gasteiger partial charge in [0.25, 0.3) is 0 Å². The van der Waals surface area contributed by atoms with Gasteiger partial charge in [-0.2, -0.15) is 0 Å². The number of aromatic nitrogens is 1. The van der Waals surface area contributed by atoms with E-state index in [1.54, 1.807) is 6.07 Å². The molecule has 0 saturated heterocycles. The molecule has 1 N–H and O–H groups in total. The van der Waals surface area contributed by atoms with Crippen molar-refractivity contribution in [1.29, 1.82) is 0 Å². The second-order valence-electron chi connectivity index (χ2n) is 3.75. The lowest BCUT2D eigenvalue weighted by molar-refractivity contribution is 0.0690. The summed E-state index contributed by atoms with van der Waals surface area (Å²) in [5.74, 6) is -0.804. The third-order valence-electron chi connectivity index (χ3n) is 2.28. The Balaban J connectivity index is 2.10. The quantitative estimate of drug-likeness (QED) is 0.854. The van der Waals surface area contributed by atoms with Crippen LogP contribution >= 0.6 is 27.7 Å². The van der Waals surface area contributed by atoms with Crippen molar-refractivity contribution in [3.05, 3.63) is 58.1 Å². The van der Waals surface area contributed by atoms with Crippen LogP contribution in [0.3, 0.4) is 0 Å². The highest BCUT2D eigenvalue weighted by Crippen LogP contribution is 2.25. The Morgan fingerprint density at radius 3 is 2.84 bits per heavy atom. The molecule has 1 heterocycles. The van der Waals surface area contributed by atoms with Crippen LogP contribution in [0.15, 0.2) is 45.9 Å². The molecule has 0 spiro atoms. The van der Waals surface area contributed by atoms with Crippen molar-refractivity contribution in [2.24, 2.45) is 0 Å². The molecule has 2 aromatic rings. The van der Waals surface area contributed by atoms with Crippen LogP contribution in [0.25, 0.3) is 0 Å². The zero-order chi connectivity index (χ0) is 13.8. The number of rotatable bonds is 4. The number of aromatic carboxylic acids is 1. The van der Waals surface area contributed by atoms with Gasteiger partial charge in [-0.25, -0.2) is 14.2 Å². The van der Waals surface area contributed by atoms with E-state index in [0.717, 1.165) is 10.5 Å². The molecule has 0 amide bonds. The molecule has 2 rings (SSSR count). The first-order valence-electron chi connectivity index (χ1n) is 5.32. The van der Waals surface area contributed by atoms with Crippen LogP contribution in [-0.4, -0.2) is 16.1 Å². The zero-order valence-electron chi connectivity index (χ0n) is 9.64. The molecule has 0 saturated carbocycles. The van der Waals surface area contributed by atoms with Gasteiger partial charge in [0, 0.05) is 21.3 Å². The molecule has 0 aliphatic rings. The van der Waals surface area contributed by atoms with E-state index in [-0.39, 0.29) is 11.5 Å². The first kappa shape index (κ1) is 14.0. The number of carboxylic acid groups (broad SMARTS) is 1. The van der Waals surface area contributed by atoms with Crippen molar-refractivity contribution in [3.8, 4) is 0 Å². The van der Waals surface area contributed by atoms with E-state index in [4.69, 9.17) is 5.11 Å². The van der Waals surface area contributed by atoms with Gasteiger partial charge in [0.05, 0.1) is 0 Å². The SMILES string of the molecule is O=C(O)c1cc(SCc2cc(F)cc(Br)c2)ccn1. The summed E-state index contributed by atoms with van der Waals surface area (Å²) in [4.78, 5) is 15.3. The molecule has 1 aromatic heterocycles. The molecule has 19 heavy (non-hydrogen) atoms. The minimum atomic E-state index is -1.06. The standard InChI is InChI=1S/C13H9BrFNO2S/c14-9-3-8(4-10(15)5-9)7-19-11-1-2-16-12(6-11)13(17)18/h1-6H,7H2,(H,17,18). The van der Waals surface area contributed by atoms with Gasteiger partial charge in [-0.1, -0.05) is 15.9 Å². The normalized spacial score (nSPS) is 10.4. The predicted molar refractivity (Wildman–Crippen MR) is 74.9 cm³/mol. The fraction of sp³-hybridized carbons (Fsp3) is 0.0769. The number of pyridine rings is 1. The molecule has 1 aromatic carbocycles. The van der Waals surface area contributed by atoms with E-state index in [1.807, 2.05) is 6.07 Å². The first-order chi connectivity index (χ1) is 9.04. The van der Waals surface area contributed by atoms with Gasteiger partial charge in [0.2, 0.25) is 0 Å². The maximum atomic E-state index is 13.2. The van der Waals surface area contributed by atoms with E-state index < -0.39 is 5.97 Å². The van der Waals surface area contributed by atoms with Gasteiger partial charge in [0.15, 0.2) is 0 Å². The number of halogens is 2. The average Bonchev–Trinajstić information content (AvgIpc) is 2.35. The van der Waals surface area contributed by atoms with Crippen molar-refractivity contribution in [1.82, 2.24) is 4.98 Å². The van der Waals surface area contributed by atoms with Crippen LogP contribution in [0.4, 0.5) is 4.39 Å². The summed E-state index contributed by atoms with van der Waals surface area (Å²) >= 11 is 4.66. The van der Waals surface area contributed by atoms with Gasteiger partial charge in [-0.15, -0.1) is 11.8 Å². The Morgan fingerprint density at radius 2 is 2.16 bits per heavy atom. The molecule has 0 fully saturated rings. The number of nitrogens with zero attached hydrogens (tertiary/aromatic N) is 1. The fourth-order valence-corrected chi connectivity index (χ4v) is 2.84. The minimum absolute atomic E-state index is 0.00502. The monoisotopic (exact) mass is 341 g/mol. The third-order valence-corrected chi connectivity index (χ3v) is 3.80. The third kappa shape index (κ3) is 4.04. The van der Waals surface area contributed by atoms with Crippen molar-refractivity contribution < 1.29 is 14.3 Å². The highest BCUT2D eigenvalue weighted by molar-refractivity contribution is 9.10. The van der Waals surface area contributed by atoms with E-state index >= 15 is 0 Å². The fourth-order valence-electron chi connectivity index (χ4n) is 1.48. The number of hydrogen-bond acceptors (Lipinski definition) is 3. The maximum Gasteiger partial charge on any atom is 0.354 e. The second-order valence-corrected chi connectivity index (χ2v) is 5.71. The Kier molecular flexibility index (Phi) is 4.55. The van der Waals surface area contributed by atoms with Crippen LogP contribution in [0.2, 0.25) is 0 Å². The number of carbonyl (C=O) groups is 1. The van der Waals surface area contributed by atoms with Crippen LogP contribution in [0, 0.1) is 5.82 Å². The zero-order valence-corrected chi connectivity index (χ0v) is 12.0. The van der Waals surface area contributed by atoms with Crippen molar-refractivity contribution in [2.45, 2.75) is 10.6 Å². The Bertz CT molecular complexity index is 601. The molecule has 0 aliphatic carbocycles. The molecule has 0 bridgehead atoms. The molecule has 6 heteroatoms. The molecule has 0 unspecified atom stereocenters. The van der Waals surface area contributed by atoms with Crippen molar-refractivity contribution >= 4 is 33.7 Å². The highest BCUT2D eigenvalue weighted by Gasteiger charge is 2.06. The smallest absolute Gasteiger partial charge is 0.354 e. The molecule has 3 nitrogen and oxygen atoms in total. The van der Waals surface area contributed by atoms with E-state index in [0.29, 0.717) is 10.2 Å². The molecular formula is C13H9BrFNO2S. The largest absolute Gasteiger partial charge is 0.477 e. The highest BCUT2D eigenvalue weighted by atomic mass is 79.9. The van der Waals surface area contributed by atoms with Crippen LogP contribution in [0.5, 0.6) is 0 Å². The Hall–Kier alpha value is -1.40. The summed E-state index contributed by atoms with van der Waals surface area (Å²) in [7, 11) is 0. The van der Waals surface area contributed by atoms with Crippen molar-refractivity contribution in [3.63, 3.8) is 0 Å². The Labute approximate surface area is 122 Å². The molecule has 0 atom stereocenters. The summed E-state index contributed by atoms with van der Waals surface area (Å²) in [6, 6.07) is 7.91. The Morgan fingerprint density at radius 1 is 1.37 bits per heavy atom. The number of carboxylic acids is 1. The second kappa shape index (κ2) is 6.16. The lowest BCUT2D eigenvalue weighted by Gasteiger charge is -2.04. The van der Waals surface area contributed by atoms with E-state index in [9.17, 15) is 9.18 Å². The van der Waals surface area contributed by atoms with E-state index in [1.165, 1.54) is 36.2 Å². The lowest BCUT2D eigenvalue weighted by atomic mass is 10.2. The van der Waals surface area contributed by atoms with Gasteiger partial charge in [0.1, 0.15) is 11.5 Å². The predicted octanol–water partition coefficient (Wildman–Crippen LogP) is 3.97. The first-order valence-corrected chi connectivity index (χ1v) is 7.09. The summed E-state index contributed by atoms with van der Waals surface area (Å²) in [5, 5.41) is 8.84. The van der Waals surface area contributed by atoms with Gasteiger partial charge >= 0.3 is 5.97 Å². The van der Waals surface area contributed by atoms with E-state index in [2.05, 4.69) is 20.9 Å². The average molecular weight is 342 g/mol. The summed E-state index contributed by atoms with van der Waals surface area (Å²) in [6.45, 7) is 0. The summed E-state index contributed by atoms with van der Waals surface area (Å²) in [5.41, 5.74) is 0.830. The molecule has 0 radical (unpaired) electrons. The maximum absolute atomic E-state index is 13.2. The molecular weight excluding hydrogens is 333 g/mol. The molecule has 0 aliphatic heterocycles. The van der Waals surface area contributed by atoms with Crippen LogP contribution in [0.1, 0.15) is 16.1 Å². The number of benzene rings is 1.